The molecule has 0 aliphatic carbocycles. The van der Waals surface area contributed by atoms with Gasteiger partial charge in [0, 0.05) is 24.0 Å². The van der Waals surface area contributed by atoms with Gasteiger partial charge in [-0.3, -0.25) is 9.59 Å². The van der Waals surface area contributed by atoms with Gasteiger partial charge in [0.15, 0.2) is 11.6 Å². The third-order valence-corrected chi connectivity index (χ3v) is 3.72. The molecule has 0 unspecified atom stereocenters. The molecule has 0 fully saturated rings. The molecule has 0 atom stereocenters. The summed E-state index contributed by atoms with van der Waals surface area (Å²) in [6, 6.07) is 15.1. The second-order valence-electron chi connectivity index (χ2n) is 5.17. The molecule has 2 nitrogen and oxygen atoms in total. The van der Waals surface area contributed by atoms with Crippen LogP contribution in [0.3, 0.4) is 0 Å². The van der Waals surface area contributed by atoms with E-state index < -0.39 is 0 Å². The van der Waals surface area contributed by atoms with Gasteiger partial charge in [0.25, 0.3) is 0 Å². The van der Waals surface area contributed by atoms with Crippen LogP contribution in [-0.2, 0) is 6.42 Å². The van der Waals surface area contributed by atoms with Crippen molar-refractivity contribution in [2.75, 3.05) is 0 Å². The largest absolute Gasteiger partial charge is 0.294 e. The SMILES string of the molecule is CCc1ccccc1C(=O)CCC(=O)c1ccccc1C. The van der Waals surface area contributed by atoms with E-state index >= 15 is 0 Å². The molecule has 0 N–H and O–H groups in total. The highest BCUT2D eigenvalue weighted by Crippen LogP contribution is 2.15. The highest BCUT2D eigenvalue weighted by molar-refractivity contribution is 6.03. The van der Waals surface area contributed by atoms with Crippen molar-refractivity contribution in [1.29, 1.82) is 0 Å². The topological polar surface area (TPSA) is 34.1 Å². The molecule has 0 heterocycles. The number of hydrogen-bond acceptors (Lipinski definition) is 2. The highest BCUT2D eigenvalue weighted by Gasteiger charge is 2.14. The summed E-state index contributed by atoms with van der Waals surface area (Å²) >= 11 is 0. The van der Waals surface area contributed by atoms with Crippen molar-refractivity contribution < 1.29 is 9.59 Å². The Morgan fingerprint density at radius 1 is 0.810 bits per heavy atom. The fourth-order valence-electron chi connectivity index (χ4n) is 2.48. The van der Waals surface area contributed by atoms with Crippen LogP contribution >= 0.6 is 0 Å². The van der Waals surface area contributed by atoms with Crippen molar-refractivity contribution >= 4 is 11.6 Å². The maximum absolute atomic E-state index is 12.3. The molecule has 0 amide bonds. The molecule has 0 spiro atoms. The van der Waals surface area contributed by atoms with Crippen molar-refractivity contribution in [1.82, 2.24) is 0 Å². The van der Waals surface area contributed by atoms with E-state index in [1.165, 1.54) is 0 Å². The van der Waals surface area contributed by atoms with Crippen molar-refractivity contribution in [3.63, 3.8) is 0 Å². The first-order valence-electron chi connectivity index (χ1n) is 7.33. The van der Waals surface area contributed by atoms with E-state index in [0.29, 0.717) is 5.56 Å². The molecule has 2 aromatic carbocycles. The van der Waals surface area contributed by atoms with Crippen LogP contribution in [0.15, 0.2) is 48.5 Å². The molecule has 0 radical (unpaired) electrons. The first-order chi connectivity index (χ1) is 10.1. The Morgan fingerprint density at radius 3 is 1.95 bits per heavy atom. The average Bonchev–Trinajstić information content (AvgIpc) is 2.52. The first-order valence-corrected chi connectivity index (χ1v) is 7.33. The van der Waals surface area contributed by atoms with Crippen molar-refractivity contribution in [3.05, 3.63) is 70.8 Å². The van der Waals surface area contributed by atoms with E-state index in [2.05, 4.69) is 0 Å². The molecule has 0 aromatic heterocycles. The predicted octanol–water partition coefficient (Wildman–Crippen LogP) is 4.40. The lowest BCUT2D eigenvalue weighted by Gasteiger charge is -2.07. The van der Waals surface area contributed by atoms with Crippen LogP contribution in [0, 0.1) is 6.92 Å². The van der Waals surface area contributed by atoms with Gasteiger partial charge >= 0.3 is 0 Å². The molecular formula is C19H20O2. The van der Waals surface area contributed by atoms with E-state index in [9.17, 15) is 9.59 Å². The molecule has 2 heteroatoms. The summed E-state index contributed by atoms with van der Waals surface area (Å²) in [5, 5.41) is 0. The maximum atomic E-state index is 12.3. The maximum Gasteiger partial charge on any atom is 0.163 e. The van der Waals surface area contributed by atoms with Crippen LogP contribution in [0.5, 0.6) is 0 Å². The lowest BCUT2D eigenvalue weighted by atomic mass is 9.96. The Balaban J connectivity index is 2.05. The normalized spacial score (nSPS) is 10.4. The van der Waals surface area contributed by atoms with E-state index in [4.69, 9.17) is 0 Å². The minimum absolute atomic E-state index is 0.0374. The summed E-state index contributed by atoms with van der Waals surface area (Å²) in [7, 11) is 0. The van der Waals surface area contributed by atoms with Gasteiger partial charge in [0.2, 0.25) is 0 Å². The zero-order chi connectivity index (χ0) is 15.2. The number of carbonyl (C=O) groups excluding carboxylic acids is 2. The fourth-order valence-corrected chi connectivity index (χ4v) is 2.48. The standard InChI is InChI=1S/C19H20O2/c1-3-15-9-5-7-11-17(15)19(21)13-12-18(20)16-10-6-4-8-14(16)2/h4-11H,3,12-13H2,1-2H3. The van der Waals surface area contributed by atoms with Crippen molar-refractivity contribution in [3.8, 4) is 0 Å². The first kappa shape index (κ1) is 15.2. The number of carbonyl (C=O) groups is 2. The third kappa shape index (κ3) is 3.66. The van der Waals surface area contributed by atoms with Crippen molar-refractivity contribution in [2.45, 2.75) is 33.1 Å². The van der Waals surface area contributed by atoms with Gasteiger partial charge in [0.1, 0.15) is 0 Å². The van der Waals surface area contributed by atoms with Crippen LogP contribution in [0.1, 0.15) is 51.6 Å². The van der Waals surface area contributed by atoms with Crippen LogP contribution in [0.2, 0.25) is 0 Å². The minimum Gasteiger partial charge on any atom is -0.294 e. The number of Topliss-reactive ketones (excluding diaryl/α,β-unsaturated/α-hetero) is 2. The van der Waals surface area contributed by atoms with Crippen molar-refractivity contribution in [2.24, 2.45) is 0 Å². The number of hydrogen-bond donors (Lipinski definition) is 0. The summed E-state index contributed by atoms with van der Waals surface area (Å²) in [6.07, 6.45) is 1.36. The summed E-state index contributed by atoms with van der Waals surface area (Å²) in [5.41, 5.74) is 3.47. The number of ketones is 2. The Labute approximate surface area is 125 Å². The quantitative estimate of drug-likeness (QED) is 0.735. The lowest BCUT2D eigenvalue weighted by Crippen LogP contribution is -2.08. The average molecular weight is 280 g/mol. The van der Waals surface area contributed by atoms with Gasteiger partial charge in [-0.05, 0) is 24.5 Å². The van der Waals surface area contributed by atoms with Gasteiger partial charge < -0.3 is 0 Å². The third-order valence-electron chi connectivity index (χ3n) is 3.72. The smallest absolute Gasteiger partial charge is 0.163 e. The molecule has 0 aliphatic heterocycles. The Bertz CT molecular complexity index is 656. The predicted molar refractivity (Wildman–Crippen MR) is 84.9 cm³/mol. The molecule has 0 aliphatic rings. The fraction of sp³-hybridized carbons (Fsp3) is 0.263. The van der Waals surface area contributed by atoms with E-state index in [1.807, 2.05) is 62.4 Å². The van der Waals surface area contributed by atoms with Gasteiger partial charge in [-0.1, -0.05) is 55.5 Å². The molecule has 0 bridgehead atoms. The summed E-state index contributed by atoms with van der Waals surface area (Å²) in [4.78, 5) is 24.5. The number of benzene rings is 2. The molecule has 2 rings (SSSR count). The molecule has 108 valence electrons. The van der Waals surface area contributed by atoms with E-state index in [-0.39, 0.29) is 24.4 Å². The van der Waals surface area contributed by atoms with Gasteiger partial charge in [-0.15, -0.1) is 0 Å². The van der Waals surface area contributed by atoms with Crippen LogP contribution in [0.4, 0.5) is 0 Å². The molecular weight excluding hydrogens is 260 g/mol. The molecule has 0 saturated heterocycles. The Morgan fingerprint density at radius 2 is 1.33 bits per heavy atom. The van der Waals surface area contributed by atoms with Crippen LogP contribution in [0.25, 0.3) is 0 Å². The molecule has 21 heavy (non-hydrogen) atoms. The number of aryl methyl sites for hydroxylation is 2. The molecule has 0 saturated carbocycles. The summed E-state index contributed by atoms with van der Waals surface area (Å²) < 4.78 is 0. The van der Waals surface area contributed by atoms with Crippen LogP contribution < -0.4 is 0 Å². The minimum atomic E-state index is 0.0374. The van der Waals surface area contributed by atoms with E-state index in [1.54, 1.807) is 0 Å². The lowest BCUT2D eigenvalue weighted by molar-refractivity contribution is 0.0916. The number of rotatable bonds is 6. The highest BCUT2D eigenvalue weighted by atomic mass is 16.1. The van der Waals surface area contributed by atoms with Gasteiger partial charge in [0.05, 0.1) is 0 Å². The zero-order valence-corrected chi connectivity index (χ0v) is 12.6. The second-order valence-corrected chi connectivity index (χ2v) is 5.17. The second kappa shape index (κ2) is 6.98. The Hall–Kier alpha value is -2.22. The van der Waals surface area contributed by atoms with E-state index in [0.717, 1.165) is 23.1 Å². The van der Waals surface area contributed by atoms with Gasteiger partial charge in [-0.25, -0.2) is 0 Å². The molecule has 2 aromatic rings. The monoisotopic (exact) mass is 280 g/mol. The van der Waals surface area contributed by atoms with Crippen LogP contribution in [-0.4, -0.2) is 11.6 Å². The zero-order valence-electron chi connectivity index (χ0n) is 12.6. The summed E-state index contributed by atoms with van der Waals surface area (Å²) in [5.74, 6) is 0.0878. The summed E-state index contributed by atoms with van der Waals surface area (Å²) in [6.45, 7) is 3.95. The van der Waals surface area contributed by atoms with Gasteiger partial charge in [-0.2, -0.15) is 0 Å². The Kier molecular flexibility index (Phi) is 5.04.